The van der Waals surface area contributed by atoms with Crippen LogP contribution in [0.15, 0.2) is 107 Å². The van der Waals surface area contributed by atoms with Gasteiger partial charge in [-0.1, -0.05) is 111 Å². The Bertz CT molecular complexity index is 1340. The van der Waals surface area contributed by atoms with E-state index in [4.69, 9.17) is 4.74 Å². The summed E-state index contributed by atoms with van der Waals surface area (Å²) in [6.07, 6.45) is 27.1. The van der Waals surface area contributed by atoms with E-state index in [-0.39, 0.29) is 24.0 Å². The molecule has 2 aliphatic carbocycles. The predicted molar refractivity (Wildman–Crippen MR) is 187 cm³/mol. The molecule has 5 nitrogen and oxygen atoms in total. The van der Waals surface area contributed by atoms with E-state index in [1.807, 2.05) is 70.2 Å². The molecule has 0 aromatic heterocycles. The minimum absolute atomic E-state index is 0.0642. The normalized spacial score (nSPS) is 36.5. The Morgan fingerprint density at radius 1 is 0.689 bits per heavy atom. The van der Waals surface area contributed by atoms with Crippen LogP contribution in [0.2, 0.25) is 0 Å². The number of hydrogen-bond acceptors (Lipinski definition) is 5. The van der Waals surface area contributed by atoms with Gasteiger partial charge in [-0.15, -0.1) is 0 Å². The number of ether oxygens (including phenoxy) is 1. The van der Waals surface area contributed by atoms with E-state index in [2.05, 4.69) is 65.0 Å². The second kappa shape index (κ2) is 14.1. The molecule has 0 bridgehead atoms. The second-order valence-electron chi connectivity index (χ2n) is 15.4. The summed E-state index contributed by atoms with van der Waals surface area (Å²) in [6.45, 7) is 20.0. The second-order valence-corrected chi connectivity index (χ2v) is 15.4. The highest BCUT2D eigenvalue weighted by molar-refractivity contribution is 5.37. The maximum Gasteiger partial charge on any atom is 0.117 e. The maximum atomic E-state index is 11.4. The summed E-state index contributed by atoms with van der Waals surface area (Å²) < 4.78 is 6.45. The molecule has 0 aromatic rings. The van der Waals surface area contributed by atoms with Gasteiger partial charge in [-0.25, -0.2) is 0 Å². The van der Waals surface area contributed by atoms with Crippen LogP contribution in [0.5, 0.6) is 0 Å². The molecular formula is C40H58O5. The van der Waals surface area contributed by atoms with Gasteiger partial charge < -0.3 is 25.2 Å². The van der Waals surface area contributed by atoms with E-state index in [1.54, 1.807) is 13.0 Å². The molecule has 248 valence electrons. The van der Waals surface area contributed by atoms with Gasteiger partial charge in [0.25, 0.3) is 0 Å². The molecule has 1 aliphatic heterocycles. The number of aliphatic hydroxyl groups is 4. The number of rotatable bonds is 9. The van der Waals surface area contributed by atoms with E-state index in [9.17, 15) is 20.4 Å². The Morgan fingerprint density at radius 2 is 1.20 bits per heavy atom. The third-order valence-corrected chi connectivity index (χ3v) is 9.91. The fraction of sp³-hybridized carbons (Fsp3) is 0.550. The first-order valence-electron chi connectivity index (χ1n) is 16.3. The summed E-state index contributed by atoms with van der Waals surface area (Å²) in [5, 5.41) is 42.9. The van der Waals surface area contributed by atoms with Crippen LogP contribution < -0.4 is 0 Å². The average Bonchev–Trinajstić information content (AvgIpc) is 3.26. The lowest BCUT2D eigenvalue weighted by Crippen LogP contribution is -2.65. The zero-order valence-electron chi connectivity index (χ0n) is 29.3. The van der Waals surface area contributed by atoms with Gasteiger partial charge in [0.2, 0.25) is 0 Å². The van der Waals surface area contributed by atoms with Crippen molar-refractivity contribution in [1.82, 2.24) is 0 Å². The summed E-state index contributed by atoms with van der Waals surface area (Å²) in [5.41, 5.74) is 1.62. The van der Waals surface area contributed by atoms with Crippen molar-refractivity contribution in [2.45, 2.75) is 130 Å². The van der Waals surface area contributed by atoms with Gasteiger partial charge in [0.1, 0.15) is 5.60 Å². The van der Waals surface area contributed by atoms with Gasteiger partial charge in [-0.05, 0) is 83.1 Å². The molecule has 0 aromatic carbocycles. The molecule has 5 heteroatoms. The first-order valence-corrected chi connectivity index (χ1v) is 16.3. The number of allylic oxidation sites excluding steroid dienone is 14. The van der Waals surface area contributed by atoms with Crippen molar-refractivity contribution >= 4 is 0 Å². The van der Waals surface area contributed by atoms with Crippen LogP contribution in [0.3, 0.4) is 0 Å². The molecule has 45 heavy (non-hydrogen) atoms. The molecule has 2 saturated carbocycles. The molecule has 0 spiro atoms. The third kappa shape index (κ3) is 8.84. The molecule has 2 fully saturated rings. The highest BCUT2D eigenvalue weighted by Gasteiger charge is 2.58. The molecule has 6 unspecified atom stereocenters. The first-order chi connectivity index (χ1) is 20.7. The quantitative estimate of drug-likeness (QED) is 0.156. The maximum absolute atomic E-state index is 11.4. The monoisotopic (exact) mass is 618 g/mol. The minimum Gasteiger partial charge on any atom is -0.393 e. The summed E-state index contributed by atoms with van der Waals surface area (Å²) >= 11 is 0. The van der Waals surface area contributed by atoms with Crippen LogP contribution in [0.1, 0.15) is 94.9 Å². The van der Waals surface area contributed by atoms with E-state index >= 15 is 0 Å². The number of aliphatic hydroxyl groups excluding tert-OH is 2. The van der Waals surface area contributed by atoms with Gasteiger partial charge >= 0.3 is 0 Å². The van der Waals surface area contributed by atoms with Crippen molar-refractivity contribution < 1.29 is 25.2 Å². The molecule has 0 radical (unpaired) electrons. The van der Waals surface area contributed by atoms with Crippen LogP contribution in [0.4, 0.5) is 0 Å². The topological polar surface area (TPSA) is 90.2 Å². The minimum atomic E-state index is -1.45. The zero-order valence-corrected chi connectivity index (χ0v) is 29.3. The van der Waals surface area contributed by atoms with Crippen LogP contribution in [0, 0.1) is 10.8 Å². The standard InChI is InChI=1S/C40H58O5/c1-28(17-13-18-30(3)21-22-40(44)37(7,8)25-33(42)27-39(40,10)43)15-11-12-16-29(2)19-14-20-31(4)34-23-35-36(5,6)24-32(41)26-38(35,9)45-34/h11-23,32-34,41-44H,24-27H2,1-10H3. The zero-order chi connectivity index (χ0) is 33.8. The molecule has 0 saturated heterocycles. The lowest BCUT2D eigenvalue weighted by Gasteiger charge is -2.54. The molecule has 3 rings (SSSR count). The lowest BCUT2D eigenvalue weighted by molar-refractivity contribution is -0.216. The lowest BCUT2D eigenvalue weighted by atomic mass is 9.57. The highest BCUT2D eigenvalue weighted by Crippen LogP contribution is 2.52. The van der Waals surface area contributed by atoms with E-state index in [1.165, 1.54) is 5.57 Å². The highest BCUT2D eigenvalue weighted by atomic mass is 16.5. The Hall–Kier alpha value is -2.54. The predicted octanol–water partition coefficient (Wildman–Crippen LogP) is 7.92. The van der Waals surface area contributed by atoms with Gasteiger partial charge in [0.05, 0.1) is 29.5 Å². The summed E-state index contributed by atoms with van der Waals surface area (Å²) in [7, 11) is 0. The summed E-state index contributed by atoms with van der Waals surface area (Å²) in [6, 6.07) is 0. The van der Waals surface area contributed by atoms with Crippen molar-refractivity contribution in [1.29, 1.82) is 0 Å². The van der Waals surface area contributed by atoms with Crippen LogP contribution in [-0.2, 0) is 4.74 Å². The van der Waals surface area contributed by atoms with Crippen molar-refractivity contribution in [2.24, 2.45) is 10.8 Å². The summed E-state index contributed by atoms with van der Waals surface area (Å²) in [5.74, 6) is 0. The Morgan fingerprint density at radius 3 is 1.78 bits per heavy atom. The molecule has 4 N–H and O–H groups in total. The van der Waals surface area contributed by atoms with E-state index < -0.39 is 28.3 Å². The molecule has 3 aliphatic rings. The fourth-order valence-corrected chi connectivity index (χ4v) is 7.45. The van der Waals surface area contributed by atoms with Crippen LogP contribution >= 0.6 is 0 Å². The van der Waals surface area contributed by atoms with Gasteiger partial charge in [0, 0.05) is 18.3 Å². The Labute approximate surface area is 272 Å². The Balaban J connectivity index is 1.55. The smallest absolute Gasteiger partial charge is 0.117 e. The third-order valence-electron chi connectivity index (χ3n) is 9.91. The summed E-state index contributed by atoms with van der Waals surface area (Å²) in [4.78, 5) is 0. The van der Waals surface area contributed by atoms with Crippen molar-refractivity contribution in [2.75, 3.05) is 0 Å². The average molecular weight is 619 g/mol. The molecular weight excluding hydrogens is 560 g/mol. The molecule has 1 heterocycles. The fourth-order valence-electron chi connectivity index (χ4n) is 7.45. The Kier molecular flexibility index (Phi) is 11.5. The van der Waals surface area contributed by atoms with Crippen molar-refractivity contribution in [3.63, 3.8) is 0 Å². The first kappa shape index (κ1) is 36.9. The van der Waals surface area contributed by atoms with Gasteiger partial charge in [-0.3, -0.25) is 0 Å². The van der Waals surface area contributed by atoms with E-state index in [0.717, 1.165) is 28.7 Å². The number of hydrogen-bond donors (Lipinski definition) is 4. The van der Waals surface area contributed by atoms with Crippen molar-refractivity contribution in [3.8, 4) is 0 Å². The van der Waals surface area contributed by atoms with Gasteiger partial charge in [0.15, 0.2) is 0 Å². The molecule has 6 atom stereocenters. The van der Waals surface area contributed by atoms with Crippen LogP contribution in [-0.4, -0.2) is 55.5 Å². The molecule has 0 amide bonds. The van der Waals surface area contributed by atoms with Crippen molar-refractivity contribution in [3.05, 3.63) is 107 Å². The van der Waals surface area contributed by atoms with Crippen LogP contribution in [0.25, 0.3) is 0 Å². The SMILES string of the molecule is CC(C=CC=C(C)C=CC1(O)C(C)(C)CC(O)CC1(C)O)=CC=CC=C(C)C=CC=C(C)C1C=C2C(C)(C)CC(O)CC2(C)O1. The van der Waals surface area contributed by atoms with Gasteiger partial charge in [-0.2, -0.15) is 0 Å². The number of fused-ring (bicyclic) bond motifs is 1. The van der Waals surface area contributed by atoms with E-state index in [0.29, 0.717) is 12.8 Å². The largest absolute Gasteiger partial charge is 0.393 e.